The van der Waals surface area contributed by atoms with Crippen molar-refractivity contribution in [3.8, 4) is 0 Å². The summed E-state index contributed by atoms with van der Waals surface area (Å²) in [5, 5.41) is 3.90. The summed E-state index contributed by atoms with van der Waals surface area (Å²) in [6, 6.07) is 2.38. The number of rotatable bonds is 3. The van der Waals surface area contributed by atoms with Crippen LogP contribution in [0.15, 0.2) is 0 Å². The molecule has 2 heteroatoms. The molecule has 0 bridgehead atoms. The fourth-order valence-corrected chi connectivity index (χ4v) is 3.53. The fraction of sp³-hybridized carbons (Fsp3) is 1.00. The molecule has 1 heterocycles. The molecule has 1 aliphatic carbocycles. The molecule has 0 aromatic carbocycles. The van der Waals surface area contributed by atoms with E-state index in [0.29, 0.717) is 0 Å². The second-order valence-electron chi connectivity index (χ2n) is 5.98. The average Bonchev–Trinajstić information content (AvgIpc) is 2.64. The highest BCUT2D eigenvalue weighted by Crippen LogP contribution is 2.26. The van der Waals surface area contributed by atoms with E-state index in [1.807, 2.05) is 0 Å². The molecule has 1 N–H and O–H groups in total. The van der Waals surface area contributed by atoms with E-state index in [4.69, 9.17) is 0 Å². The van der Waals surface area contributed by atoms with Crippen molar-refractivity contribution in [2.24, 2.45) is 5.92 Å². The predicted molar refractivity (Wildman–Crippen MR) is 69.7 cm³/mol. The molecule has 0 aromatic heterocycles. The fourth-order valence-electron chi connectivity index (χ4n) is 3.53. The quantitative estimate of drug-likeness (QED) is 0.793. The summed E-state index contributed by atoms with van der Waals surface area (Å²) in [4.78, 5) is 2.61. The highest BCUT2D eigenvalue weighted by molar-refractivity contribution is 4.87. The molecule has 0 radical (unpaired) electrons. The van der Waals surface area contributed by atoms with Gasteiger partial charge in [0.05, 0.1) is 0 Å². The van der Waals surface area contributed by atoms with Gasteiger partial charge in [-0.25, -0.2) is 0 Å². The van der Waals surface area contributed by atoms with Crippen molar-refractivity contribution < 1.29 is 0 Å². The van der Waals surface area contributed by atoms with Crippen LogP contribution in [0.1, 0.15) is 52.9 Å². The van der Waals surface area contributed by atoms with Gasteiger partial charge < -0.3 is 10.2 Å². The molecule has 2 fully saturated rings. The van der Waals surface area contributed by atoms with Crippen LogP contribution in [-0.2, 0) is 0 Å². The third-order valence-corrected chi connectivity index (χ3v) is 4.59. The van der Waals surface area contributed by atoms with Crippen molar-refractivity contribution in [1.29, 1.82) is 0 Å². The Morgan fingerprint density at radius 3 is 2.38 bits per heavy atom. The van der Waals surface area contributed by atoms with Crippen LogP contribution in [0.5, 0.6) is 0 Å². The molecular formula is C14H28N2. The first-order chi connectivity index (χ1) is 7.69. The number of nitrogens with zero attached hydrogens (tertiary/aromatic N) is 1. The molecule has 0 aromatic rings. The average molecular weight is 224 g/mol. The maximum Gasteiger partial charge on any atom is 0.00966 e. The van der Waals surface area contributed by atoms with E-state index in [1.54, 1.807) is 0 Å². The highest BCUT2D eigenvalue weighted by atomic mass is 15.2. The van der Waals surface area contributed by atoms with E-state index in [2.05, 4.69) is 31.0 Å². The van der Waals surface area contributed by atoms with Crippen molar-refractivity contribution in [3.05, 3.63) is 0 Å². The van der Waals surface area contributed by atoms with Crippen LogP contribution < -0.4 is 5.32 Å². The molecule has 2 nitrogen and oxygen atoms in total. The molecule has 2 aliphatic rings. The van der Waals surface area contributed by atoms with Gasteiger partial charge in [-0.3, -0.25) is 0 Å². The van der Waals surface area contributed by atoms with Gasteiger partial charge >= 0.3 is 0 Å². The number of likely N-dealkylation sites (tertiary alicyclic amines) is 1. The lowest BCUT2D eigenvalue weighted by Crippen LogP contribution is -2.49. The Labute approximate surface area is 101 Å². The molecule has 1 aliphatic heterocycles. The second kappa shape index (κ2) is 5.50. The van der Waals surface area contributed by atoms with Crippen LogP contribution in [0.3, 0.4) is 0 Å². The monoisotopic (exact) mass is 224 g/mol. The first-order valence-electron chi connectivity index (χ1n) is 7.19. The molecule has 1 saturated heterocycles. The maximum absolute atomic E-state index is 3.90. The number of hydrogen-bond acceptors (Lipinski definition) is 2. The van der Waals surface area contributed by atoms with Gasteiger partial charge in [0.1, 0.15) is 0 Å². The summed E-state index contributed by atoms with van der Waals surface area (Å²) in [6.07, 6.45) is 6.94. The minimum atomic E-state index is 0.773. The summed E-state index contributed by atoms with van der Waals surface area (Å²) >= 11 is 0. The largest absolute Gasteiger partial charge is 0.311 e. The van der Waals surface area contributed by atoms with Gasteiger partial charge in [0.15, 0.2) is 0 Å². The van der Waals surface area contributed by atoms with Crippen molar-refractivity contribution in [2.75, 3.05) is 13.1 Å². The lowest BCUT2D eigenvalue weighted by Gasteiger charge is -2.38. The van der Waals surface area contributed by atoms with E-state index < -0.39 is 0 Å². The van der Waals surface area contributed by atoms with Gasteiger partial charge in [-0.2, -0.15) is 0 Å². The van der Waals surface area contributed by atoms with Crippen molar-refractivity contribution in [2.45, 2.75) is 71.0 Å². The maximum atomic E-state index is 3.90. The molecular weight excluding hydrogens is 196 g/mol. The zero-order valence-electron chi connectivity index (χ0n) is 11.2. The Morgan fingerprint density at radius 1 is 1.06 bits per heavy atom. The molecule has 4 atom stereocenters. The Morgan fingerprint density at radius 2 is 1.81 bits per heavy atom. The van der Waals surface area contributed by atoms with Gasteiger partial charge in [0.2, 0.25) is 0 Å². The number of piperidine rings is 1. The van der Waals surface area contributed by atoms with Crippen molar-refractivity contribution in [3.63, 3.8) is 0 Å². The molecule has 4 unspecified atom stereocenters. The van der Waals surface area contributed by atoms with E-state index >= 15 is 0 Å². The molecule has 94 valence electrons. The zero-order chi connectivity index (χ0) is 11.5. The smallest absolute Gasteiger partial charge is 0.00966 e. The molecule has 16 heavy (non-hydrogen) atoms. The van der Waals surface area contributed by atoms with Crippen LogP contribution in [0.2, 0.25) is 0 Å². The normalized spacial score (nSPS) is 41.4. The van der Waals surface area contributed by atoms with E-state index in [0.717, 1.165) is 24.0 Å². The SMILES string of the molecule is CCN1CCC(NC2CCC(C)C2)CC1C. The predicted octanol–water partition coefficient (Wildman–Crippen LogP) is 2.64. The summed E-state index contributed by atoms with van der Waals surface area (Å²) < 4.78 is 0. The van der Waals surface area contributed by atoms with Gasteiger partial charge in [0.25, 0.3) is 0 Å². The van der Waals surface area contributed by atoms with Crippen LogP contribution in [0, 0.1) is 5.92 Å². The van der Waals surface area contributed by atoms with Gasteiger partial charge in [-0.05, 0) is 58.0 Å². The van der Waals surface area contributed by atoms with Gasteiger partial charge in [-0.1, -0.05) is 13.8 Å². The van der Waals surface area contributed by atoms with Gasteiger partial charge in [0, 0.05) is 18.1 Å². The number of hydrogen-bond donors (Lipinski definition) is 1. The number of nitrogens with one attached hydrogen (secondary N) is 1. The van der Waals surface area contributed by atoms with Crippen molar-refractivity contribution in [1.82, 2.24) is 10.2 Å². The summed E-state index contributed by atoms with van der Waals surface area (Å²) in [5.74, 6) is 0.950. The van der Waals surface area contributed by atoms with Gasteiger partial charge in [-0.15, -0.1) is 0 Å². The summed E-state index contributed by atoms with van der Waals surface area (Å²) in [7, 11) is 0. The minimum absolute atomic E-state index is 0.773. The first-order valence-corrected chi connectivity index (χ1v) is 7.19. The van der Waals surface area contributed by atoms with Crippen LogP contribution in [-0.4, -0.2) is 36.1 Å². The summed E-state index contributed by atoms with van der Waals surface area (Å²) in [5.41, 5.74) is 0. The standard InChI is InChI=1S/C14H28N2/c1-4-16-8-7-14(10-12(16)3)15-13-6-5-11(2)9-13/h11-15H,4-10H2,1-3H3. The lowest BCUT2D eigenvalue weighted by atomic mass is 9.97. The van der Waals surface area contributed by atoms with Crippen LogP contribution >= 0.6 is 0 Å². The first kappa shape index (κ1) is 12.4. The topological polar surface area (TPSA) is 15.3 Å². The third-order valence-electron chi connectivity index (χ3n) is 4.59. The lowest BCUT2D eigenvalue weighted by molar-refractivity contribution is 0.138. The molecule has 0 spiro atoms. The van der Waals surface area contributed by atoms with E-state index in [-0.39, 0.29) is 0 Å². The Balaban J connectivity index is 1.75. The minimum Gasteiger partial charge on any atom is -0.311 e. The summed E-state index contributed by atoms with van der Waals surface area (Å²) in [6.45, 7) is 9.56. The Hall–Kier alpha value is -0.0800. The molecule has 0 amide bonds. The van der Waals surface area contributed by atoms with Crippen LogP contribution in [0.25, 0.3) is 0 Å². The van der Waals surface area contributed by atoms with E-state index in [9.17, 15) is 0 Å². The van der Waals surface area contributed by atoms with Crippen molar-refractivity contribution >= 4 is 0 Å². The highest BCUT2D eigenvalue weighted by Gasteiger charge is 2.28. The zero-order valence-corrected chi connectivity index (χ0v) is 11.2. The third kappa shape index (κ3) is 2.98. The molecule has 2 rings (SSSR count). The van der Waals surface area contributed by atoms with Crippen LogP contribution in [0.4, 0.5) is 0 Å². The Bertz CT molecular complexity index is 217. The van der Waals surface area contributed by atoms with E-state index in [1.165, 1.54) is 45.2 Å². The second-order valence-corrected chi connectivity index (χ2v) is 5.98. The Kier molecular flexibility index (Phi) is 4.26. The molecule has 1 saturated carbocycles.